The predicted molar refractivity (Wildman–Crippen MR) is 53.4 cm³/mol. The summed E-state index contributed by atoms with van der Waals surface area (Å²) < 4.78 is 24.2. The third-order valence-electron chi connectivity index (χ3n) is 1.97. The van der Waals surface area contributed by atoms with Crippen molar-refractivity contribution in [1.29, 1.82) is 0 Å². The fraction of sp³-hybridized carbons (Fsp3) is 0.222. The van der Waals surface area contributed by atoms with Crippen LogP contribution in [0.1, 0.15) is 5.69 Å². The van der Waals surface area contributed by atoms with Crippen LogP contribution in [0.5, 0.6) is 0 Å². The second kappa shape index (κ2) is 3.89. The molecule has 0 spiro atoms. The molecule has 0 aliphatic rings. The topological polar surface area (TPSA) is 63.3 Å². The van der Waals surface area contributed by atoms with Crippen LogP contribution in [0, 0.1) is 0 Å². The monoisotopic (exact) mass is 211 g/mol. The Bertz CT molecular complexity index is 466. The fourth-order valence-corrected chi connectivity index (χ4v) is 1.67. The molecule has 0 bridgehead atoms. The molecule has 1 heterocycles. The maximum Gasteiger partial charge on any atom is 0.167 e. The fourth-order valence-electron chi connectivity index (χ4n) is 1.30. The lowest BCUT2D eigenvalue weighted by atomic mass is 10.2. The van der Waals surface area contributed by atoms with Gasteiger partial charge in [0.15, 0.2) is 16.7 Å². The van der Waals surface area contributed by atoms with Gasteiger partial charge in [0, 0.05) is 11.8 Å². The van der Waals surface area contributed by atoms with E-state index >= 15 is 0 Å². The Hall–Kier alpha value is -1.20. The molecule has 0 radical (unpaired) electrons. The third kappa shape index (κ3) is 1.83. The molecule has 2 aromatic rings. The van der Waals surface area contributed by atoms with Crippen molar-refractivity contribution in [2.45, 2.75) is 6.42 Å². The maximum absolute atomic E-state index is 10.5. The van der Waals surface area contributed by atoms with E-state index < -0.39 is 11.1 Å². The highest BCUT2D eigenvalue weighted by molar-refractivity contribution is 7.79. The molecule has 0 saturated carbocycles. The zero-order chi connectivity index (χ0) is 9.97. The number of rotatable bonds is 3. The van der Waals surface area contributed by atoms with Gasteiger partial charge in [0.25, 0.3) is 0 Å². The first-order valence-corrected chi connectivity index (χ1v) is 5.45. The van der Waals surface area contributed by atoms with Gasteiger partial charge in [-0.25, -0.2) is 4.21 Å². The van der Waals surface area contributed by atoms with Crippen LogP contribution in [0.3, 0.4) is 0 Å². The SMILES string of the molecule is O=S(O)CCc1noc2ccccc12. The van der Waals surface area contributed by atoms with Gasteiger partial charge >= 0.3 is 0 Å². The summed E-state index contributed by atoms with van der Waals surface area (Å²) in [6, 6.07) is 7.46. The summed E-state index contributed by atoms with van der Waals surface area (Å²) in [4.78, 5) is 0. The van der Waals surface area contributed by atoms with Crippen LogP contribution in [0.15, 0.2) is 28.8 Å². The highest BCUT2D eigenvalue weighted by Gasteiger charge is 2.07. The summed E-state index contributed by atoms with van der Waals surface area (Å²) in [7, 11) is 0. The van der Waals surface area contributed by atoms with E-state index in [4.69, 9.17) is 9.08 Å². The van der Waals surface area contributed by atoms with Crippen LogP contribution in [0.25, 0.3) is 11.0 Å². The van der Waals surface area contributed by atoms with E-state index in [1.54, 1.807) is 0 Å². The summed E-state index contributed by atoms with van der Waals surface area (Å²) in [5.41, 5.74) is 1.45. The molecule has 0 fully saturated rings. The zero-order valence-electron chi connectivity index (χ0n) is 7.34. The van der Waals surface area contributed by atoms with Crippen LogP contribution < -0.4 is 0 Å². The standard InChI is InChI=1S/C9H9NO3S/c11-14(12)6-5-8-7-3-1-2-4-9(7)13-10-8/h1-4H,5-6H2,(H,11,12). The number of para-hydroxylation sites is 1. The molecule has 0 aliphatic carbocycles. The quantitative estimate of drug-likeness (QED) is 0.783. The van der Waals surface area contributed by atoms with Crippen molar-refractivity contribution < 1.29 is 13.3 Å². The zero-order valence-corrected chi connectivity index (χ0v) is 8.16. The first kappa shape index (κ1) is 9.36. The summed E-state index contributed by atoms with van der Waals surface area (Å²) in [5.74, 6) is 0.191. The molecule has 1 N–H and O–H groups in total. The van der Waals surface area contributed by atoms with Crippen molar-refractivity contribution in [3.63, 3.8) is 0 Å². The molecule has 2 rings (SSSR count). The smallest absolute Gasteiger partial charge is 0.167 e. The Kier molecular flexibility index (Phi) is 2.60. The van der Waals surface area contributed by atoms with Crippen molar-refractivity contribution in [3.05, 3.63) is 30.0 Å². The minimum absolute atomic E-state index is 0.191. The Morgan fingerprint density at radius 3 is 3.00 bits per heavy atom. The van der Waals surface area contributed by atoms with Crippen molar-refractivity contribution in [3.8, 4) is 0 Å². The van der Waals surface area contributed by atoms with Gasteiger partial charge in [0.2, 0.25) is 0 Å². The van der Waals surface area contributed by atoms with Crippen LogP contribution in [0.4, 0.5) is 0 Å². The number of hydrogen-bond donors (Lipinski definition) is 1. The van der Waals surface area contributed by atoms with Gasteiger partial charge in [-0.15, -0.1) is 0 Å². The lowest BCUT2D eigenvalue weighted by Crippen LogP contribution is -1.99. The van der Waals surface area contributed by atoms with Crippen LogP contribution in [-0.4, -0.2) is 19.7 Å². The van der Waals surface area contributed by atoms with E-state index in [1.165, 1.54) is 0 Å². The molecule has 0 saturated heterocycles. The molecule has 14 heavy (non-hydrogen) atoms. The van der Waals surface area contributed by atoms with Gasteiger partial charge in [0.1, 0.15) is 0 Å². The summed E-state index contributed by atoms with van der Waals surface area (Å²) in [6.45, 7) is 0. The molecular weight excluding hydrogens is 202 g/mol. The minimum atomic E-state index is -1.77. The second-order valence-corrected chi connectivity index (χ2v) is 3.95. The molecule has 0 amide bonds. The van der Waals surface area contributed by atoms with E-state index in [1.807, 2.05) is 24.3 Å². The van der Waals surface area contributed by atoms with Crippen molar-refractivity contribution >= 4 is 22.0 Å². The first-order chi connectivity index (χ1) is 6.77. The van der Waals surface area contributed by atoms with E-state index in [0.717, 1.165) is 11.1 Å². The van der Waals surface area contributed by atoms with E-state index in [0.29, 0.717) is 12.0 Å². The number of hydrogen-bond acceptors (Lipinski definition) is 3. The molecule has 0 aliphatic heterocycles. The first-order valence-electron chi connectivity index (χ1n) is 4.18. The van der Waals surface area contributed by atoms with Gasteiger partial charge in [0.05, 0.1) is 11.4 Å². The maximum atomic E-state index is 10.5. The number of aromatic nitrogens is 1. The molecule has 1 atom stereocenters. The third-order valence-corrected chi connectivity index (χ3v) is 2.52. The van der Waals surface area contributed by atoms with Crippen LogP contribution in [-0.2, 0) is 17.5 Å². The number of aryl methyl sites for hydroxylation is 1. The average molecular weight is 211 g/mol. The van der Waals surface area contributed by atoms with Gasteiger partial charge in [-0.05, 0) is 12.1 Å². The molecular formula is C9H9NO3S. The van der Waals surface area contributed by atoms with Crippen LogP contribution >= 0.6 is 0 Å². The number of benzene rings is 1. The Balaban J connectivity index is 2.29. The van der Waals surface area contributed by atoms with Crippen molar-refractivity contribution in [1.82, 2.24) is 5.16 Å². The van der Waals surface area contributed by atoms with Gasteiger partial charge in [-0.3, -0.25) is 0 Å². The highest BCUT2D eigenvalue weighted by atomic mass is 32.2. The van der Waals surface area contributed by atoms with E-state index in [2.05, 4.69) is 5.16 Å². The molecule has 4 nitrogen and oxygen atoms in total. The largest absolute Gasteiger partial charge is 0.356 e. The van der Waals surface area contributed by atoms with Gasteiger partial charge in [-0.1, -0.05) is 17.3 Å². The number of fused-ring (bicyclic) bond motifs is 1. The molecule has 1 unspecified atom stereocenters. The lowest BCUT2D eigenvalue weighted by Gasteiger charge is -1.92. The minimum Gasteiger partial charge on any atom is -0.356 e. The predicted octanol–water partition coefficient (Wildman–Crippen LogP) is 1.59. The Labute approximate surface area is 83.2 Å². The normalized spacial score (nSPS) is 13.2. The van der Waals surface area contributed by atoms with Crippen LogP contribution in [0.2, 0.25) is 0 Å². The highest BCUT2D eigenvalue weighted by Crippen LogP contribution is 2.17. The van der Waals surface area contributed by atoms with Gasteiger partial charge in [-0.2, -0.15) is 0 Å². The van der Waals surface area contributed by atoms with Crippen molar-refractivity contribution in [2.24, 2.45) is 0 Å². The van der Waals surface area contributed by atoms with Crippen molar-refractivity contribution in [2.75, 3.05) is 5.75 Å². The van der Waals surface area contributed by atoms with E-state index in [-0.39, 0.29) is 5.75 Å². The summed E-state index contributed by atoms with van der Waals surface area (Å²) >= 11 is -1.77. The second-order valence-electron chi connectivity index (χ2n) is 2.90. The molecule has 1 aromatic heterocycles. The number of nitrogens with zero attached hydrogens (tertiary/aromatic N) is 1. The lowest BCUT2D eigenvalue weighted by molar-refractivity contribution is 0.447. The van der Waals surface area contributed by atoms with E-state index in [9.17, 15) is 4.21 Å². The molecule has 74 valence electrons. The molecule has 1 aromatic carbocycles. The average Bonchev–Trinajstić information content (AvgIpc) is 2.58. The summed E-state index contributed by atoms with van der Waals surface area (Å²) in [5, 5.41) is 4.76. The Morgan fingerprint density at radius 2 is 2.21 bits per heavy atom. The van der Waals surface area contributed by atoms with Gasteiger partial charge < -0.3 is 9.08 Å². The molecule has 5 heteroatoms. The summed E-state index contributed by atoms with van der Waals surface area (Å²) in [6.07, 6.45) is 0.458. The Morgan fingerprint density at radius 1 is 1.43 bits per heavy atom.